The van der Waals surface area contributed by atoms with Crippen LogP contribution in [0.2, 0.25) is 0 Å². The largest absolute Gasteiger partial charge is 0.399 e. The Bertz CT molecular complexity index is 460. The Hall–Kier alpha value is -1.73. The summed E-state index contributed by atoms with van der Waals surface area (Å²) >= 11 is 0. The normalized spacial score (nSPS) is 9.25. The number of nitrogens with two attached hydrogens (primary N) is 1. The summed E-state index contributed by atoms with van der Waals surface area (Å²) in [6, 6.07) is 17.9. The third-order valence-corrected chi connectivity index (χ3v) is 2.38. The van der Waals surface area contributed by atoms with Crippen LogP contribution in [0.25, 0.3) is 5.57 Å². The van der Waals surface area contributed by atoms with E-state index in [1.807, 2.05) is 42.5 Å². The van der Waals surface area contributed by atoms with Gasteiger partial charge in [0.15, 0.2) is 0 Å². The van der Waals surface area contributed by atoms with Gasteiger partial charge in [0.05, 0.1) is 0 Å². The van der Waals surface area contributed by atoms with Crippen molar-refractivity contribution in [3.63, 3.8) is 0 Å². The lowest BCUT2D eigenvalue weighted by Crippen LogP contribution is -1.88. The molecule has 0 spiro atoms. The summed E-state index contributed by atoms with van der Waals surface area (Å²) in [4.78, 5) is 0. The van der Waals surface area contributed by atoms with Gasteiger partial charge < -0.3 is 5.73 Å². The van der Waals surface area contributed by atoms with Crippen LogP contribution < -0.4 is 5.73 Å². The van der Waals surface area contributed by atoms with E-state index >= 15 is 0 Å². The molecule has 0 unspecified atom stereocenters. The van der Waals surface area contributed by atoms with Crippen LogP contribution >= 0.6 is 12.4 Å². The third kappa shape index (κ3) is 2.65. The molecule has 0 bridgehead atoms. The van der Waals surface area contributed by atoms with Crippen molar-refractivity contribution in [1.82, 2.24) is 0 Å². The molecule has 2 aromatic carbocycles. The van der Waals surface area contributed by atoms with Gasteiger partial charge in [0.1, 0.15) is 0 Å². The van der Waals surface area contributed by atoms with Gasteiger partial charge in [-0.2, -0.15) is 0 Å². The number of hydrogen-bond donors (Lipinski definition) is 1. The van der Waals surface area contributed by atoms with Crippen LogP contribution in [-0.2, 0) is 0 Å². The van der Waals surface area contributed by atoms with Crippen molar-refractivity contribution >= 4 is 23.7 Å². The van der Waals surface area contributed by atoms with Crippen molar-refractivity contribution in [2.75, 3.05) is 5.73 Å². The quantitative estimate of drug-likeness (QED) is 0.783. The molecule has 2 rings (SSSR count). The highest BCUT2D eigenvalue weighted by Crippen LogP contribution is 2.21. The molecule has 0 radical (unpaired) electrons. The van der Waals surface area contributed by atoms with E-state index in [0.29, 0.717) is 0 Å². The van der Waals surface area contributed by atoms with Gasteiger partial charge >= 0.3 is 0 Å². The monoisotopic (exact) mass is 231 g/mol. The SMILES string of the molecule is C=C(c1ccccc1)c1ccc(N)cc1.Cl. The number of rotatable bonds is 2. The Kier molecular flexibility index (Phi) is 4.15. The van der Waals surface area contributed by atoms with Gasteiger partial charge in [-0.15, -0.1) is 12.4 Å². The average Bonchev–Trinajstić information content (AvgIpc) is 2.30. The summed E-state index contributed by atoms with van der Waals surface area (Å²) in [6.45, 7) is 4.08. The van der Waals surface area contributed by atoms with Crippen molar-refractivity contribution in [3.05, 3.63) is 72.3 Å². The molecule has 1 nitrogen and oxygen atoms in total. The van der Waals surface area contributed by atoms with E-state index in [1.54, 1.807) is 0 Å². The Morgan fingerprint density at radius 2 is 1.31 bits per heavy atom. The number of benzene rings is 2. The fraction of sp³-hybridized carbons (Fsp3) is 0. The number of hydrogen-bond acceptors (Lipinski definition) is 1. The molecular formula is C14H14ClN. The van der Waals surface area contributed by atoms with E-state index in [2.05, 4.69) is 18.7 Å². The second-order valence-corrected chi connectivity index (χ2v) is 3.47. The summed E-state index contributed by atoms with van der Waals surface area (Å²) < 4.78 is 0. The van der Waals surface area contributed by atoms with E-state index < -0.39 is 0 Å². The first-order valence-electron chi connectivity index (χ1n) is 4.87. The number of halogens is 1. The zero-order valence-corrected chi connectivity index (χ0v) is 9.71. The van der Waals surface area contributed by atoms with Crippen LogP contribution in [-0.4, -0.2) is 0 Å². The van der Waals surface area contributed by atoms with Crippen LogP contribution in [0.5, 0.6) is 0 Å². The molecule has 2 aromatic rings. The predicted octanol–water partition coefficient (Wildman–Crippen LogP) is 3.75. The van der Waals surface area contributed by atoms with Crippen molar-refractivity contribution in [3.8, 4) is 0 Å². The lowest BCUT2D eigenvalue weighted by Gasteiger charge is -2.06. The van der Waals surface area contributed by atoms with Crippen LogP contribution in [0.15, 0.2) is 61.2 Å². The van der Waals surface area contributed by atoms with Crippen molar-refractivity contribution in [1.29, 1.82) is 0 Å². The van der Waals surface area contributed by atoms with Crippen LogP contribution in [0.3, 0.4) is 0 Å². The minimum absolute atomic E-state index is 0. The Morgan fingerprint density at radius 1 is 0.812 bits per heavy atom. The summed E-state index contributed by atoms with van der Waals surface area (Å²) in [5.74, 6) is 0. The number of anilines is 1. The van der Waals surface area contributed by atoms with Gasteiger partial charge in [0, 0.05) is 5.69 Å². The fourth-order valence-corrected chi connectivity index (χ4v) is 1.49. The molecule has 0 heterocycles. The second kappa shape index (κ2) is 5.38. The average molecular weight is 232 g/mol. The van der Waals surface area contributed by atoms with E-state index in [0.717, 1.165) is 22.4 Å². The van der Waals surface area contributed by atoms with Crippen LogP contribution in [0.1, 0.15) is 11.1 Å². The maximum Gasteiger partial charge on any atom is 0.0314 e. The smallest absolute Gasteiger partial charge is 0.0314 e. The van der Waals surface area contributed by atoms with E-state index in [4.69, 9.17) is 5.73 Å². The Balaban J connectivity index is 0.00000128. The fourth-order valence-electron chi connectivity index (χ4n) is 1.49. The van der Waals surface area contributed by atoms with Crippen molar-refractivity contribution < 1.29 is 0 Å². The van der Waals surface area contributed by atoms with Crippen LogP contribution in [0.4, 0.5) is 5.69 Å². The second-order valence-electron chi connectivity index (χ2n) is 3.47. The molecule has 0 aromatic heterocycles. The molecule has 0 aliphatic carbocycles. The molecule has 2 heteroatoms. The minimum atomic E-state index is 0. The molecule has 82 valence electrons. The summed E-state index contributed by atoms with van der Waals surface area (Å²) in [5.41, 5.74) is 9.68. The Labute approximate surface area is 102 Å². The van der Waals surface area contributed by atoms with Gasteiger partial charge in [-0.1, -0.05) is 49.0 Å². The molecule has 0 fully saturated rings. The first-order chi connectivity index (χ1) is 7.27. The zero-order valence-electron chi connectivity index (χ0n) is 8.89. The maximum absolute atomic E-state index is 5.64. The van der Waals surface area contributed by atoms with Crippen LogP contribution in [0, 0.1) is 0 Å². The summed E-state index contributed by atoms with van der Waals surface area (Å²) in [7, 11) is 0. The zero-order chi connectivity index (χ0) is 10.7. The van der Waals surface area contributed by atoms with E-state index in [9.17, 15) is 0 Å². The molecule has 16 heavy (non-hydrogen) atoms. The first-order valence-corrected chi connectivity index (χ1v) is 4.87. The molecule has 0 saturated carbocycles. The van der Waals surface area contributed by atoms with Gasteiger partial charge in [-0.3, -0.25) is 0 Å². The molecule has 2 N–H and O–H groups in total. The molecule has 0 aliphatic rings. The van der Waals surface area contributed by atoms with Crippen molar-refractivity contribution in [2.24, 2.45) is 0 Å². The molecule has 0 saturated heterocycles. The molecule has 0 amide bonds. The van der Waals surface area contributed by atoms with Gasteiger partial charge in [-0.05, 0) is 28.8 Å². The topological polar surface area (TPSA) is 26.0 Å². The molecule has 0 aliphatic heterocycles. The van der Waals surface area contributed by atoms with Gasteiger partial charge in [0.2, 0.25) is 0 Å². The van der Waals surface area contributed by atoms with Gasteiger partial charge in [-0.25, -0.2) is 0 Å². The maximum atomic E-state index is 5.64. The standard InChI is InChI=1S/C14H13N.ClH/c1-11(12-5-3-2-4-6-12)13-7-9-14(15)10-8-13;/h2-10H,1,15H2;1H. The number of nitrogen functional groups attached to an aromatic ring is 1. The highest BCUT2D eigenvalue weighted by Gasteiger charge is 2.00. The van der Waals surface area contributed by atoms with Gasteiger partial charge in [0.25, 0.3) is 0 Å². The third-order valence-electron chi connectivity index (χ3n) is 2.38. The summed E-state index contributed by atoms with van der Waals surface area (Å²) in [6.07, 6.45) is 0. The van der Waals surface area contributed by atoms with E-state index in [-0.39, 0.29) is 12.4 Å². The lowest BCUT2D eigenvalue weighted by molar-refractivity contribution is 1.55. The Morgan fingerprint density at radius 3 is 1.88 bits per heavy atom. The predicted molar refractivity (Wildman–Crippen MR) is 72.7 cm³/mol. The summed E-state index contributed by atoms with van der Waals surface area (Å²) in [5, 5.41) is 0. The highest BCUT2D eigenvalue weighted by atomic mass is 35.5. The van der Waals surface area contributed by atoms with Crippen molar-refractivity contribution in [2.45, 2.75) is 0 Å². The van der Waals surface area contributed by atoms with E-state index in [1.165, 1.54) is 0 Å². The molecule has 0 atom stereocenters. The highest BCUT2D eigenvalue weighted by molar-refractivity contribution is 5.85. The molecular weight excluding hydrogens is 218 g/mol. The lowest BCUT2D eigenvalue weighted by atomic mass is 10.00. The first kappa shape index (κ1) is 12.3. The minimum Gasteiger partial charge on any atom is -0.399 e.